The monoisotopic (exact) mass is 236 g/mol. The van der Waals surface area contributed by atoms with Crippen molar-refractivity contribution >= 4 is 17.7 Å². The van der Waals surface area contributed by atoms with E-state index in [9.17, 15) is 0 Å². The van der Waals surface area contributed by atoms with Crippen molar-refractivity contribution in [1.82, 2.24) is 9.97 Å². The highest BCUT2D eigenvalue weighted by Crippen LogP contribution is 2.44. The molecule has 4 nitrogen and oxygen atoms in total. The van der Waals surface area contributed by atoms with Gasteiger partial charge in [0.2, 0.25) is 0 Å². The van der Waals surface area contributed by atoms with Crippen molar-refractivity contribution < 1.29 is 0 Å². The van der Waals surface area contributed by atoms with Gasteiger partial charge in [0.25, 0.3) is 0 Å². The third-order valence-electron chi connectivity index (χ3n) is 3.83. The average molecular weight is 236 g/mol. The molecule has 2 aromatic rings. The fraction of sp³-hybridized carbons (Fsp3) is 0.214. The van der Waals surface area contributed by atoms with E-state index in [1.54, 1.807) is 12.4 Å². The quantitative estimate of drug-likeness (QED) is 0.758. The lowest BCUT2D eigenvalue weighted by atomic mass is 9.81. The second-order valence-corrected chi connectivity index (χ2v) is 5.02. The zero-order valence-corrected chi connectivity index (χ0v) is 9.80. The molecule has 18 heavy (non-hydrogen) atoms. The minimum Gasteiger partial charge on any atom is -0.397 e. The van der Waals surface area contributed by atoms with Gasteiger partial charge in [-0.15, -0.1) is 0 Å². The molecule has 1 aliphatic carbocycles. The summed E-state index contributed by atoms with van der Waals surface area (Å²) in [7, 11) is 0. The number of aliphatic imine (C=N–C) groups is 1. The van der Waals surface area contributed by atoms with Crippen molar-refractivity contribution in [3.8, 4) is 0 Å². The third-order valence-corrected chi connectivity index (χ3v) is 3.83. The summed E-state index contributed by atoms with van der Waals surface area (Å²) in [5.41, 5.74) is 10.1. The molecule has 1 unspecified atom stereocenters. The molecule has 3 heterocycles. The van der Waals surface area contributed by atoms with Gasteiger partial charge in [0.1, 0.15) is 0 Å². The van der Waals surface area contributed by atoms with Gasteiger partial charge in [0, 0.05) is 35.5 Å². The van der Waals surface area contributed by atoms with Crippen LogP contribution in [0.1, 0.15) is 16.8 Å². The molecule has 4 heteroatoms. The molecule has 2 aromatic heterocycles. The van der Waals surface area contributed by atoms with Crippen molar-refractivity contribution in [2.45, 2.75) is 18.3 Å². The third kappa shape index (κ3) is 1.17. The average Bonchev–Trinajstić information content (AvgIpc) is 2.92. The molecule has 0 radical (unpaired) electrons. The van der Waals surface area contributed by atoms with E-state index in [-0.39, 0.29) is 5.41 Å². The Morgan fingerprint density at radius 1 is 1.22 bits per heavy atom. The zero-order valence-electron chi connectivity index (χ0n) is 9.80. The van der Waals surface area contributed by atoms with Crippen LogP contribution in [-0.2, 0) is 18.3 Å². The Balaban J connectivity index is 1.85. The van der Waals surface area contributed by atoms with Crippen molar-refractivity contribution in [2.75, 3.05) is 5.73 Å². The largest absolute Gasteiger partial charge is 0.397 e. The second-order valence-electron chi connectivity index (χ2n) is 5.02. The molecule has 2 N–H and O–H groups in total. The summed E-state index contributed by atoms with van der Waals surface area (Å²) in [4.78, 5) is 13.2. The molecule has 0 fully saturated rings. The second kappa shape index (κ2) is 3.16. The number of nitrogens with zero attached hydrogens (tertiary/aromatic N) is 3. The van der Waals surface area contributed by atoms with Crippen LogP contribution in [0.2, 0.25) is 0 Å². The number of nitrogens with two attached hydrogens (primary N) is 1. The summed E-state index contributed by atoms with van der Waals surface area (Å²) in [6.45, 7) is 0. The standard InChI is InChI=1S/C14H12N4/c15-10-4-9-5-14(6-12(9)17-7-10)8-18-13-11(14)2-1-3-16-13/h1-4,7-8H,5-6,15H2. The van der Waals surface area contributed by atoms with Gasteiger partial charge < -0.3 is 5.73 Å². The van der Waals surface area contributed by atoms with Crippen LogP contribution in [0.4, 0.5) is 11.5 Å². The van der Waals surface area contributed by atoms with Gasteiger partial charge in [-0.1, -0.05) is 6.07 Å². The summed E-state index contributed by atoms with van der Waals surface area (Å²) < 4.78 is 0. The Morgan fingerprint density at radius 2 is 2.17 bits per heavy atom. The highest BCUT2D eigenvalue weighted by molar-refractivity contribution is 5.85. The maximum absolute atomic E-state index is 5.80. The molecule has 1 spiro atoms. The molecule has 0 bridgehead atoms. The van der Waals surface area contributed by atoms with Gasteiger partial charge in [-0.25, -0.2) is 9.98 Å². The molecule has 0 aromatic carbocycles. The lowest BCUT2D eigenvalue weighted by molar-refractivity contribution is 0.635. The molecule has 0 saturated heterocycles. The molecular formula is C14H12N4. The topological polar surface area (TPSA) is 64.2 Å². The Bertz CT molecular complexity index is 677. The van der Waals surface area contributed by atoms with Gasteiger partial charge in [-0.05, 0) is 24.1 Å². The highest BCUT2D eigenvalue weighted by Gasteiger charge is 2.42. The van der Waals surface area contributed by atoms with Crippen LogP contribution in [0.5, 0.6) is 0 Å². The smallest absolute Gasteiger partial charge is 0.155 e. The Kier molecular flexibility index (Phi) is 1.71. The van der Waals surface area contributed by atoms with Crippen LogP contribution in [0.3, 0.4) is 0 Å². The van der Waals surface area contributed by atoms with E-state index < -0.39 is 0 Å². The molecule has 1 atom stereocenters. The summed E-state index contributed by atoms with van der Waals surface area (Å²) in [6, 6.07) is 6.11. The fourth-order valence-corrected chi connectivity index (χ4v) is 2.99. The van der Waals surface area contributed by atoms with E-state index in [4.69, 9.17) is 5.73 Å². The van der Waals surface area contributed by atoms with E-state index in [0.29, 0.717) is 0 Å². The fourth-order valence-electron chi connectivity index (χ4n) is 2.99. The first kappa shape index (κ1) is 9.76. The molecule has 0 amide bonds. The molecular weight excluding hydrogens is 224 g/mol. The van der Waals surface area contributed by atoms with Gasteiger partial charge in [-0.3, -0.25) is 4.98 Å². The number of rotatable bonds is 0. The highest BCUT2D eigenvalue weighted by atomic mass is 14.9. The van der Waals surface area contributed by atoms with Crippen LogP contribution in [-0.4, -0.2) is 16.2 Å². The van der Waals surface area contributed by atoms with E-state index in [2.05, 4.69) is 21.0 Å². The van der Waals surface area contributed by atoms with Crippen molar-refractivity contribution in [1.29, 1.82) is 0 Å². The Morgan fingerprint density at radius 3 is 3.11 bits per heavy atom. The van der Waals surface area contributed by atoms with Gasteiger partial charge in [0.15, 0.2) is 5.82 Å². The normalized spacial score (nSPS) is 23.3. The predicted octanol–water partition coefficient (Wildman–Crippen LogP) is 1.81. The van der Waals surface area contributed by atoms with Crippen molar-refractivity contribution in [2.24, 2.45) is 4.99 Å². The first-order valence-corrected chi connectivity index (χ1v) is 6.01. The number of hydrogen-bond acceptors (Lipinski definition) is 4. The summed E-state index contributed by atoms with van der Waals surface area (Å²) in [5.74, 6) is 0.846. The summed E-state index contributed by atoms with van der Waals surface area (Å²) in [5, 5.41) is 0. The van der Waals surface area contributed by atoms with E-state index in [0.717, 1.165) is 30.0 Å². The molecule has 1 aliphatic heterocycles. The van der Waals surface area contributed by atoms with Gasteiger partial charge >= 0.3 is 0 Å². The first-order valence-electron chi connectivity index (χ1n) is 6.01. The maximum atomic E-state index is 5.80. The van der Waals surface area contributed by atoms with Crippen LogP contribution in [0.15, 0.2) is 35.6 Å². The van der Waals surface area contributed by atoms with Gasteiger partial charge in [-0.2, -0.15) is 0 Å². The summed E-state index contributed by atoms with van der Waals surface area (Å²) in [6.07, 6.45) is 7.36. The van der Waals surface area contributed by atoms with E-state index in [1.165, 1.54) is 11.1 Å². The molecule has 2 aliphatic rings. The van der Waals surface area contributed by atoms with Crippen LogP contribution < -0.4 is 5.73 Å². The van der Waals surface area contributed by atoms with Crippen molar-refractivity contribution in [3.05, 3.63) is 47.4 Å². The molecule has 0 saturated carbocycles. The van der Waals surface area contributed by atoms with Crippen LogP contribution >= 0.6 is 0 Å². The number of fused-ring (bicyclic) bond motifs is 3. The minimum absolute atomic E-state index is 0.0489. The van der Waals surface area contributed by atoms with E-state index in [1.807, 2.05) is 18.3 Å². The van der Waals surface area contributed by atoms with E-state index >= 15 is 0 Å². The number of nitrogen functional groups attached to an aromatic ring is 1. The van der Waals surface area contributed by atoms with Gasteiger partial charge in [0.05, 0.1) is 11.9 Å². The lowest BCUT2D eigenvalue weighted by Gasteiger charge is -2.19. The summed E-state index contributed by atoms with van der Waals surface area (Å²) >= 11 is 0. The van der Waals surface area contributed by atoms with Crippen LogP contribution in [0, 0.1) is 0 Å². The number of pyridine rings is 2. The maximum Gasteiger partial charge on any atom is 0.155 e. The minimum atomic E-state index is -0.0489. The predicted molar refractivity (Wildman–Crippen MR) is 70.1 cm³/mol. The van der Waals surface area contributed by atoms with Crippen LogP contribution in [0.25, 0.3) is 0 Å². The molecule has 88 valence electrons. The Hall–Kier alpha value is -2.23. The number of aromatic nitrogens is 2. The Labute approximate surface area is 105 Å². The first-order chi connectivity index (χ1) is 8.77. The zero-order chi connectivity index (χ0) is 12.2. The molecule has 4 rings (SSSR count). The number of anilines is 1. The SMILES string of the molecule is Nc1cnc2c(c1)CC1(C=Nc3ncccc31)C2. The van der Waals surface area contributed by atoms with Crippen molar-refractivity contribution in [3.63, 3.8) is 0 Å². The lowest BCUT2D eigenvalue weighted by Crippen LogP contribution is -2.26. The number of hydrogen-bond donors (Lipinski definition) is 1.